The Balaban J connectivity index is 1.28. The number of carbonyl (C=O) groups excluding carboxylic acids is 1. The minimum atomic E-state index is -1.01. The number of carbonyl (C=O) groups is 2. The Hall–Kier alpha value is -3.81. The largest absolute Gasteiger partial charge is 0.489 e. The molecule has 1 aliphatic heterocycles. The van der Waals surface area contributed by atoms with Crippen LogP contribution in [0.1, 0.15) is 52.4 Å². The summed E-state index contributed by atoms with van der Waals surface area (Å²) in [6, 6.07) is 17.2. The van der Waals surface area contributed by atoms with Crippen LogP contribution in [0, 0.1) is 0 Å². The highest BCUT2D eigenvalue weighted by Gasteiger charge is 2.34. The molecule has 7 nitrogen and oxygen atoms in total. The van der Waals surface area contributed by atoms with E-state index in [0.717, 1.165) is 35.4 Å². The molecular formula is C29H22Cl2N2O5. The van der Waals surface area contributed by atoms with Gasteiger partial charge in [-0.25, -0.2) is 4.79 Å². The number of halogens is 2. The predicted octanol–water partition coefficient (Wildman–Crippen LogP) is 7.41. The number of hydrogen-bond donors (Lipinski definition) is 1. The number of carboxylic acids is 1. The monoisotopic (exact) mass is 548 g/mol. The zero-order chi connectivity index (χ0) is 26.4. The number of hydrogen-bond acceptors (Lipinski definition) is 5. The molecular weight excluding hydrogens is 527 g/mol. The van der Waals surface area contributed by atoms with Crippen molar-refractivity contribution < 1.29 is 24.0 Å². The first-order chi connectivity index (χ1) is 18.4. The van der Waals surface area contributed by atoms with Crippen molar-refractivity contribution in [3.8, 4) is 17.0 Å². The third-order valence-electron chi connectivity index (χ3n) is 6.87. The van der Waals surface area contributed by atoms with Crippen LogP contribution in [0.25, 0.3) is 11.3 Å². The van der Waals surface area contributed by atoms with Crippen molar-refractivity contribution in [2.45, 2.75) is 38.2 Å². The van der Waals surface area contributed by atoms with Gasteiger partial charge in [0.15, 0.2) is 0 Å². The molecule has 2 aliphatic rings. The van der Waals surface area contributed by atoms with Crippen molar-refractivity contribution in [1.82, 2.24) is 5.16 Å². The average molecular weight is 549 g/mol. The van der Waals surface area contributed by atoms with Gasteiger partial charge in [0.25, 0.3) is 0 Å². The number of carboxylic acid groups (broad SMARTS) is 1. The third-order valence-corrected chi connectivity index (χ3v) is 7.50. The molecule has 1 aliphatic carbocycles. The molecule has 0 spiro atoms. The van der Waals surface area contributed by atoms with Crippen LogP contribution in [-0.2, 0) is 17.8 Å². The van der Waals surface area contributed by atoms with Gasteiger partial charge in [-0.15, -0.1) is 0 Å². The lowest BCUT2D eigenvalue weighted by atomic mass is 9.99. The van der Waals surface area contributed by atoms with E-state index in [2.05, 4.69) is 5.16 Å². The molecule has 3 aromatic carbocycles. The lowest BCUT2D eigenvalue weighted by molar-refractivity contribution is -0.118. The normalized spacial score (nSPS) is 14.9. The maximum Gasteiger partial charge on any atom is 0.335 e. The highest BCUT2D eigenvalue weighted by atomic mass is 35.5. The summed E-state index contributed by atoms with van der Waals surface area (Å²) in [4.78, 5) is 25.7. The van der Waals surface area contributed by atoms with Gasteiger partial charge in [-0.3, -0.25) is 9.69 Å². The van der Waals surface area contributed by atoms with Crippen molar-refractivity contribution in [2.24, 2.45) is 0 Å². The molecule has 1 aromatic heterocycles. The van der Waals surface area contributed by atoms with Gasteiger partial charge in [-0.1, -0.05) is 34.4 Å². The molecule has 0 bridgehead atoms. The summed E-state index contributed by atoms with van der Waals surface area (Å²) in [5.41, 5.74) is 4.54. The van der Waals surface area contributed by atoms with Gasteiger partial charge in [-0.05, 0) is 79.4 Å². The molecule has 4 aromatic rings. The van der Waals surface area contributed by atoms with Crippen molar-refractivity contribution in [2.75, 3.05) is 4.90 Å². The minimum Gasteiger partial charge on any atom is -0.489 e. The highest BCUT2D eigenvalue weighted by molar-refractivity contribution is 6.39. The maximum atomic E-state index is 12.8. The van der Waals surface area contributed by atoms with Crippen molar-refractivity contribution in [3.05, 3.63) is 93.2 Å². The van der Waals surface area contributed by atoms with Gasteiger partial charge in [-0.2, -0.15) is 0 Å². The van der Waals surface area contributed by atoms with Gasteiger partial charge in [0.05, 0.1) is 26.9 Å². The summed E-state index contributed by atoms with van der Waals surface area (Å²) < 4.78 is 12.0. The van der Waals surface area contributed by atoms with E-state index in [1.807, 2.05) is 18.2 Å². The van der Waals surface area contributed by atoms with E-state index in [-0.39, 0.29) is 18.1 Å². The molecule has 1 fully saturated rings. The minimum absolute atomic E-state index is 0.0472. The fraction of sp³-hybridized carbons (Fsp3) is 0.207. The van der Waals surface area contributed by atoms with Gasteiger partial charge < -0.3 is 14.4 Å². The number of fused-ring (bicyclic) bond motifs is 1. The van der Waals surface area contributed by atoms with Crippen LogP contribution in [0.15, 0.2) is 65.2 Å². The summed E-state index contributed by atoms with van der Waals surface area (Å²) >= 11 is 12.9. The summed E-state index contributed by atoms with van der Waals surface area (Å²) in [5.74, 6) is 0.705. The zero-order valence-electron chi connectivity index (χ0n) is 20.1. The lowest BCUT2D eigenvalue weighted by Crippen LogP contribution is -2.30. The van der Waals surface area contributed by atoms with E-state index < -0.39 is 5.97 Å². The van der Waals surface area contributed by atoms with Crippen molar-refractivity contribution in [1.29, 1.82) is 0 Å². The number of ether oxygens (including phenoxy) is 1. The van der Waals surface area contributed by atoms with Crippen LogP contribution >= 0.6 is 23.2 Å². The van der Waals surface area contributed by atoms with Crippen LogP contribution in [0.4, 0.5) is 11.4 Å². The second kappa shape index (κ2) is 9.82. The summed E-state index contributed by atoms with van der Waals surface area (Å²) in [5, 5.41) is 14.5. The average Bonchev–Trinajstić information content (AvgIpc) is 3.67. The predicted molar refractivity (Wildman–Crippen MR) is 144 cm³/mol. The Kier molecular flexibility index (Phi) is 6.33. The number of aromatic carboxylic acids is 1. The van der Waals surface area contributed by atoms with Gasteiger partial charge >= 0.3 is 5.97 Å². The summed E-state index contributed by atoms with van der Waals surface area (Å²) in [6.45, 7) is 0.226. The standard InChI is InChI=1S/C29H22Cl2N2O5/c30-22-2-1-3-23(31)26(22)27-21(28(38-32-27)16-4-5-16)15-37-20-11-12-24-18(14-20)8-13-25(34)33(24)19-9-6-17(7-10-19)29(35)36/h1-3,6-7,9-12,14,16H,4-5,8,13,15H2,(H,35,36). The maximum absolute atomic E-state index is 12.8. The van der Waals surface area contributed by atoms with Crippen LogP contribution < -0.4 is 9.64 Å². The van der Waals surface area contributed by atoms with Crippen LogP contribution in [0.3, 0.4) is 0 Å². The number of benzene rings is 3. The first-order valence-corrected chi connectivity index (χ1v) is 13.0. The highest BCUT2D eigenvalue weighted by Crippen LogP contribution is 2.46. The van der Waals surface area contributed by atoms with Gasteiger partial charge in [0.1, 0.15) is 23.8 Å². The Labute approximate surface area is 228 Å². The van der Waals surface area contributed by atoms with Crippen LogP contribution in [0.5, 0.6) is 5.75 Å². The van der Waals surface area contributed by atoms with Crippen molar-refractivity contribution >= 4 is 46.5 Å². The van der Waals surface area contributed by atoms with E-state index in [0.29, 0.717) is 51.5 Å². The summed E-state index contributed by atoms with van der Waals surface area (Å²) in [7, 11) is 0. The van der Waals surface area contributed by atoms with Gasteiger partial charge in [0.2, 0.25) is 5.91 Å². The van der Waals surface area contributed by atoms with E-state index >= 15 is 0 Å². The van der Waals surface area contributed by atoms with Gasteiger partial charge in [0, 0.05) is 23.6 Å². The number of aryl methyl sites for hydroxylation is 1. The molecule has 6 rings (SSSR count). The van der Waals surface area contributed by atoms with Crippen molar-refractivity contribution in [3.63, 3.8) is 0 Å². The third kappa shape index (κ3) is 4.52. The molecule has 0 atom stereocenters. The second-order valence-corrected chi connectivity index (χ2v) is 10.2. The Morgan fingerprint density at radius 1 is 1.05 bits per heavy atom. The molecule has 0 radical (unpaired) electrons. The van der Waals surface area contributed by atoms with E-state index in [1.165, 1.54) is 12.1 Å². The van der Waals surface area contributed by atoms with E-state index in [9.17, 15) is 14.7 Å². The Bertz CT molecular complexity index is 1540. The molecule has 1 saturated carbocycles. The zero-order valence-corrected chi connectivity index (χ0v) is 21.6. The molecule has 1 amide bonds. The van der Waals surface area contributed by atoms with Crippen LogP contribution in [0.2, 0.25) is 10.0 Å². The molecule has 0 unspecified atom stereocenters. The first-order valence-electron chi connectivity index (χ1n) is 12.3. The number of nitrogens with zero attached hydrogens (tertiary/aromatic N) is 2. The molecule has 9 heteroatoms. The fourth-order valence-corrected chi connectivity index (χ4v) is 5.37. The molecule has 0 saturated heterocycles. The number of aromatic nitrogens is 1. The number of amides is 1. The van der Waals surface area contributed by atoms with E-state index in [1.54, 1.807) is 35.2 Å². The second-order valence-electron chi connectivity index (χ2n) is 9.41. The first kappa shape index (κ1) is 24.5. The molecule has 1 N–H and O–H groups in total. The number of anilines is 2. The fourth-order valence-electron chi connectivity index (χ4n) is 4.80. The van der Waals surface area contributed by atoms with Crippen LogP contribution in [-0.4, -0.2) is 22.1 Å². The topological polar surface area (TPSA) is 92.9 Å². The molecule has 192 valence electrons. The Morgan fingerprint density at radius 2 is 1.79 bits per heavy atom. The number of rotatable bonds is 7. The quantitative estimate of drug-likeness (QED) is 0.258. The Morgan fingerprint density at radius 3 is 2.47 bits per heavy atom. The van der Waals surface area contributed by atoms with E-state index in [4.69, 9.17) is 32.5 Å². The molecule has 38 heavy (non-hydrogen) atoms. The molecule has 2 heterocycles. The SMILES string of the molecule is O=C(O)c1ccc(N2C(=O)CCc3cc(OCc4c(-c5c(Cl)cccc5Cl)noc4C4CC4)ccc32)cc1. The summed E-state index contributed by atoms with van der Waals surface area (Å²) in [6.07, 6.45) is 2.99. The smallest absolute Gasteiger partial charge is 0.335 e. The lowest BCUT2D eigenvalue weighted by Gasteiger charge is -2.30.